The van der Waals surface area contributed by atoms with Gasteiger partial charge in [-0.1, -0.05) is 18.9 Å². The Hall–Kier alpha value is 0.0500. The summed E-state index contributed by atoms with van der Waals surface area (Å²) in [6.07, 6.45) is 5.80. The number of rotatable bonds is 3. The van der Waals surface area contributed by atoms with Crippen LogP contribution in [0.15, 0.2) is 17.5 Å². The molecule has 0 saturated heterocycles. The first-order valence-corrected chi connectivity index (χ1v) is 6.87. The average Bonchev–Trinajstić information content (AvgIpc) is 2.74. The zero-order valence-corrected chi connectivity index (χ0v) is 9.66. The molecule has 0 spiro atoms. The highest BCUT2D eigenvalue weighted by atomic mass is 32.2. The van der Waals surface area contributed by atoms with Crippen molar-refractivity contribution in [3.05, 3.63) is 22.4 Å². The van der Waals surface area contributed by atoms with E-state index in [1.807, 2.05) is 11.3 Å². The van der Waals surface area contributed by atoms with Gasteiger partial charge in [-0.2, -0.15) is 0 Å². The zero-order valence-electron chi connectivity index (χ0n) is 8.03. The van der Waals surface area contributed by atoms with Crippen LogP contribution in [-0.2, 0) is 0 Å². The van der Waals surface area contributed by atoms with Gasteiger partial charge in [0.1, 0.15) is 0 Å². The zero-order chi connectivity index (χ0) is 9.10. The van der Waals surface area contributed by atoms with E-state index in [9.17, 15) is 0 Å². The van der Waals surface area contributed by atoms with Gasteiger partial charge in [0.2, 0.25) is 0 Å². The highest BCUT2D eigenvalue weighted by Gasteiger charge is 2.19. The molecule has 0 aliphatic heterocycles. The van der Waals surface area contributed by atoms with Crippen molar-refractivity contribution >= 4 is 23.1 Å². The molecule has 1 aliphatic carbocycles. The third-order valence-corrected chi connectivity index (χ3v) is 5.37. The first-order chi connectivity index (χ1) is 6.36. The van der Waals surface area contributed by atoms with Crippen LogP contribution < -0.4 is 0 Å². The molecule has 13 heavy (non-hydrogen) atoms. The molecule has 1 unspecified atom stereocenters. The fraction of sp³-hybridized carbons (Fsp3) is 0.636. The largest absolute Gasteiger partial charge is 0.150 e. The van der Waals surface area contributed by atoms with Crippen molar-refractivity contribution < 1.29 is 0 Å². The molecule has 72 valence electrons. The molecule has 0 nitrogen and oxygen atoms in total. The molecule has 2 heteroatoms. The predicted octanol–water partition coefficient (Wildman–Crippen LogP) is 4.48. The maximum atomic E-state index is 2.34. The first kappa shape index (κ1) is 9.60. The lowest BCUT2D eigenvalue weighted by Gasteiger charge is -2.14. The molecular weight excluding hydrogens is 196 g/mol. The molecule has 1 heterocycles. The van der Waals surface area contributed by atoms with E-state index in [1.54, 1.807) is 0 Å². The normalized spacial score (nSPS) is 20.7. The van der Waals surface area contributed by atoms with Crippen molar-refractivity contribution in [2.24, 2.45) is 0 Å². The van der Waals surface area contributed by atoms with Gasteiger partial charge in [-0.15, -0.1) is 23.1 Å². The van der Waals surface area contributed by atoms with Crippen LogP contribution in [0, 0.1) is 0 Å². The summed E-state index contributed by atoms with van der Waals surface area (Å²) in [7, 11) is 0. The molecule has 0 aromatic carbocycles. The second-order valence-electron chi connectivity index (χ2n) is 3.70. The van der Waals surface area contributed by atoms with Crippen molar-refractivity contribution in [3.8, 4) is 0 Å². The minimum absolute atomic E-state index is 0.711. The second-order valence-corrected chi connectivity index (χ2v) is 6.33. The summed E-state index contributed by atoms with van der Waals surface area (Å²) in [5, 5.41) is 3.83. The molecular formula is C11H16S2. The predicted molar refractivity (Wildman–Crippen MR) is 62.6 cm³/mol. The Morgan fingerprint density at radius 3 is 2.85 bits per heavy atom. The van der Waals surface area contributed by atoms with Crippen LogP contribution in [0.3, 0.4) is 0 Å². The van der Waals surface area contributed by atoms with E-state index in [0.29, 0.717) is 5.25 Å². The van der Waals surface area contributed by atoms with E-state index in [4.69, 9.17) is 0 Å². The van der Waals surface area contributed by atoms with Gasteiger partial charge in [0.25, 0.3) is 0 Å². The molecule has 0 radical (unpaired) electrons. The van der Waals surface area contributed by atoms with Crippen LogP contribution in [0.25, 0.3) is 0 Å². The summed E-state index contributed by atoms with van der Waals surface area (Å²) in [5.41, 5.74) is 0. The number of hydrogen-bond acceptors (Lipinski definition) is 2. The molecule has 1 aromatic heterocycles. The van der Waals surface area contributed by atoms with Gasteiger partial charge in [-0.05, 0) is 31.2 Å². The summed E-state index contributed by atoms with van der Waals surface area (Å²) in [6.45, 7) is 2.34. The van der Waals surface area contributed by atoms with Crippen LogP contribution in [-0.4, -0.2) is 5.25 Å². The standard InChI is InChI=1S/C11H16S2/c1-9(11-7-4-8-12-11)13-10-5-2-3-6-10/h4,7-10H,2-3,5-6H2,1H3. The van der Waals surface area contributed by atoms with Crippen LogP contribution in [0.1, 0.15) is 42.7 Å². The molecule has 0 bridgehead atoms. The van der Waals surface area contributed by atoms with E-state index >= 15 is 0 Å². The topological polar surface area (TPSA) is 0 Å². The first-order valence-electron chi connectivity index (χ1n) is 5.05. The second kappa shape index (κ2) is 4.52. The summed E-state index contributed by atoms with van der Waals surface area (Å²) in [6, 6.07) is 4.42. The van der Waals surface area contributed by atoms with E-state index < -0.39 is 0 Å². The highest BCUT2D eigenvalue weighted by molar-refractivity contribution is 8.00. The van der Waals surface area contributed by atoms with Crippen molar-refractivity contribution in [1.29, 1.82) is 0 Å². The maximum absolute atomic E-state index is 2.34. The summed E-state index contributed by atoms with van der Waals surface area (Å²) >= 11 is 4.07. The van der Waals surface area contributed by atoms with Gasteiger partial charge in [0, 0.05) is 15.4 Å². The molecule has 1 saturated carbocycles. The van der Waals surface area contributed by atoms with Crippen LogP contribution in [0.2, 0.25) is 0 Å². The third-order valence-electron chi connectivity index (χ3n) is 2.64. The molecule has 1 atom stereocenters. The molecule has 2 rings (SSSR count). The monoisotopic (exact) mass is 212 g/mol. The van der Waals surface area contributed by atoms with Gasteiger partial charge in [0.15, 0.2) is 0 Å². The van der Waals surface area contributed by atoms with Gasteiger partial charge in [-0.25, -0.2) is 0 Å². The Bertz CT molecular complexity index is 235. The van der Waals surface area contributed by atoms with E-state index in [1.165, 1.54) is 30.6 Å². The number of hydrogen-bond donors (Lipinski definition) is 0. The van der Waals surface area contributed by atoms with E-state index in [-0.39, 0.29) is 0 Å². The Balaban J connectivity index is 1.87. The van der Waals surface area contributed by atoms with E-state index in [2.05, 4.69) is 36.2 Å². The quantitative estimate of drug-likeness (QED) is 0.711. The summed E-state index contributed by atoms with van der Waals surface area (Å²) in [4.78, 5) is 1.54. The summed E-state index contributed by atoms with van der Waals surface area (Å²) in [5.74, 6) is 0. The lowest BCUT2D eigenvalue weighted by Crippen LogP contribution is -1.97. The minimum Gasteiger partial charge on any atom is -0.150 e. The average molecular weight is 212 g/mol. The smallest absolute Gasteiger partial charge is 0.0365 e. The molecule has 1 fully saturated rings. The van der Waals surface area contributed by atoms with Crippen molar-refractivity contribution in [2.75, 3.05) is 0 Å². The maximum Gasteiger partial charge on any atom is 0.0365 e. The van der Waals surface area contributed by atoms with Gasteiger partial charge in [0.05, 0.1) is 0 Å². The van der Waals surface area contributed by atoms with E-state index in [0.717, 1.165) is 5.25 Å². The Kier molecular flexibility index (Phi) is 3.33. The lowest BCUT2D eigenvalue weighted by molar-refractivity contribution is 0.886. The van der Waals surface area contributed by atoms with Crippen molar-refractivity contribution in [1.82, 2.24) is 0 Å². The molecule has 1 aliphatic rings. The molecule has 1 aromatic rings. The Morgan fingerprint density at radius 1 is 1.46 bits per heavy atom. The van der Waals surface area contributed by atoms with Gasteiger partial charge in [-0.3, -0.25) is 0 Å². The number of thioether (sulfide) groups is 1. The third kappa shape index (κ3) is 2.50. The fourth-order valence-electron chi connectivity index (χ4n) is 1.90. The molecule has 0 amide bonds. The SMILES string of the molecule is CC(SC1CCCC1)c1cccs1. The lowest BCUT2D eigenvalue weighted by atomic mass is 10.4. The van der Waals surface area contributed by atoms with Gasteiger partial charge < -0.3 is 0 Å². The van der Waals surface area contributed by atoms with Crippen LogP contribution in [0.5, 0.6) is 0 Å². The highest BCUT2D eigenvalue weighted by Crippen LogP contribution is 2.40. The Morgan fingerprint density at radius 2 is 2.23 bits per heavy atom. The fourth-order valence-corrected chi connectivity index (χ4v) is 4.29. The van der Waals surface area contributed by atoms with Crippen molar-refractivity contribution in [2.45, 2.75) is 43.1 Å². The van der Waals surface area contributed by atoms with Crippen LogP contribution in [0.4, 0.5) is 0 Å². The minimum atomic E-state index is 0.711. The molecule has 0 N–H and O–H groups in total. The van der Waals surface area contributed by atoms with Crippen molar-refractivity contribution in [3.63, 3.8) is 0 Å². The Labute approximate surface area is 88.7 Å². The number of thiophene rings is 1. The summed E-state index contributed by atoms with van der Waals surface area (Å²) < 4.78 is 0. The van der Waals surface area contributed by atoms with Crippen LogP contribution >= 0.6 is 23.1 Å². The van der Waals surface area contributed by atoms with Gasteiger partial charge >= 0.3 is 0 Å².